The monoisotopic (exact) mass is 395 g/mol. The predicted octanol–water partition coefficient (Wildman–Crippen LogP) is 2.47. The van der Waals surface area contributed by atoms with E-state index in [2.05, 4.69) is 10.3 Å². The van der Waals surface area contributed by atoms with E-state index in [-0.39, 0.29) is 30.6 Å². The van der Waals surface area contributed by atoms with Crippen LogP contribution in [0.3, 0.4) is 0 Å². The molecule has 0 unspecified atom stereocenters. The summed E-state index contributed by atoms with van der Waals surface area (Å²) in [7, 11) is 0. The van der Waals surface area contributed by atoms with E-state index in [0.717, 1.165) is 30.6 Å². The van der Waals surface area contributed by atoms with Crippen LogP contribution in [0, 0.1) is 5.92 Å². The molecule has 2 aliphatic heterocycles. The second-order valence-electron chi connectivity index (χ2n) is 7.54. The lowest BCUT2D eigenvalue weighted by Crippen LogP contribution is -2.45. The summed E-state index contributed by atoms with van der Waals surface area (Å²) in [6, 6.07) is 11.1. The first kappa shape index (κ1) is 19.2. The molecule has 7 heteroatoms. The van der Waals surface area contributed by atoms with Crippen molar-refractivity contribution >= 4 is 11.8 Å². The number of benzene rings is 1. The number of hydrogen-bond donors (Lipinski definition) is 1. The number of hydrogen-bond acceptors (Lipinski definition) is 5. The zero-order valence-corrected chi connectivity index (χ0v) is 16.5. The maximum atomic E-state index is 12.9. The number of nitrogens with one attached hydrogen (secondary N) is 1. The quantitative estimate of drug-likeness (QED) is 0.841. The van der Waals surface area contributed by atoms with Crippen LogP contribution in [0.15, 0.2) is 42.6 Å². The normalized spacial score (nSPS) is 18.9. The number of pyridine rings is 1. The minimum atomic E-state index is -0.199. The van der Waals surface area contributed by atoms with Gasteiger partial charge in [0.2, 0.25) is 18.6 Å². The number of nitrogens with zero attached hydrogens (tertiary/aromatic N) is 2. The molecule has 2 amide bonds. The standard InChI is InChI=1S/C22H25N3O4/c1-15(26)24-22(18-6-2-3-9-23-18)17-5-4-10-25(13-17)21(27)12-16-7-8-19-20(11-16)29-14-28-19/h2-3,6-9,11,17,22H,4-5,10,12-14H2,1H3,(H,24,26)/t17-,22+/m1/s1. The Balaban J connectivity index is 1.45. The zero-order chi connectivity index (χ0) is 20.2. The molecule has 0 bridgehead atoms. The highest BCUT2D eigenvalue weighted by atomic mass is 16.7. The molecule has 4 rings (SSSR count). The topological polar surface area (TPSA) is 80.8 Å². The van der Waals surface area contributed by atoms with Gasteiger partial charge in [0.15, 0.2) is 11.5 Å². The average Bonchev–Trinajstić information content (AvgIpc) is 3.20. The van der Waals surface area contributed by atoms with Crippen LogP contribution in [0.5, 0.6) is 11.5 Å². The lowest BCUT2D eigenvalue weighted by Gasteiger charge is -2.37. The third-order valence-corrected chi connectivity index (χ3v) is 5.44. The Kier molecular flexibility index (Phi) is 5.64. The Morgan fingerprint density at radius 2 is 2.10 bits per heavy atom. The zero-order valence-electron chi connectivity index (χ0n) is 16.5. The van der Waals surface area contributed by atoms with Gasteiger partial charge in [-0.3, -0.25) is 14.6 Å². The number of rotatable bonds is 5. The highest BCUT2D eigenvalue weighted by molar-refractivity contribution is 5.79. The Morgan fingerprint density at radius 3 is 2.90 bits per heavy atom. The van der Waals surface area contributed by atoms with Crippen molar-refractivity contribution in [3.05, 3.63) is 53.9 Å². The molecule has 0 saturated carbocycles. The maximum absolute atomic E-state index is 12.9. The van der Waals surface area contributed by atoms with Crippen molar-refractivity contribution in [1.29, 1.82) is 0 Å². The molecule has 152 valence electrons. The summed E-state index contributed by atoms with van der Waals surface area (Å²) in [5.74, 6) is 1.52. The number of piperidine rings is 1. The van der Waals surface area contributed by atoms with E-state index in [1.807, 2.05) is 41.3 Å². The average molecular weight is 395 g/mol. The molecule has 2 aliphatic rings. The molecule has 2 aromatic rings. The lowest BCUT2D eigenvalue weighted by atomic mass is 9.88. The summed E-state index contributed by atoms with van der Waals surface area (Å²) >= 11 is 0. The van der Waals surface area contributed by atoms with E-state index in [0.29, 0.717) is 24.5 Å². The largest absolute Gasteiger partial charge is 0.454 e. The molecular weight excluding hydrogens is 370 g/mol. The van der Waals surface area contributed by atoms with Gasteiger partial charge in [-0.25, -0.2) is 0 Å². The maximum Gasteiger partial charge on any atom is 0.231 e. The van der Waals surface area contributed by atoms with Gasteiger partial charge in [0.25, 0.3) is 0 Å². The number of aromatic nitrogens is 1. The molecule has 1 N–H and O–H groups in total. The summed E-state index contributed by atoms with van der Waals surface area (Å²) in [6.45, 7) is 3.07. The minimum absolute atomic E-state index is 0.0798. The van der Waals surface area contributed by atoms with E-state index in [4.69, 9.17) is 9.47 Å². The molecule has 1 fully saturated rings. The first-order valence-corrected chi connectivity index (χ1v) is 9.94. The van der Waals surface area contributed by atoms with Crippen molar-refractivity contribution in [2.75, 3.05) is 19.9 Å². The van der Waals surface area contributed by atoms with Crippen molar-refractivity contribution in [3.63, 3.8) is 0 Å². The van der Waals surface area contributed by atoms with Gasteiger partial charge >= 0.3 is 0 Å². The van der Waals surface area contributed by atoms with Gasteiger partial charge in [-0.2, -0.15) is 0 Å². The molecule has 1 aromatic carbocycles. The van der Waals surface area contributed by atoms with E-state index in [1.165, 1.54) is 6.92 Å². The van der Waals surface area contributed by atoms with Crippen LogP contribution in [-0.2, 0) is 16.0 Å². The second kappa shape index (κ2) is 8.51. The molecule has 3 heterocycles. The minimum Gasteiger partial charge on any atom is -0.454 e. The summed E-state index contributed by atoms with van der Waals surface area (Å²) in [5, 5.41) is 3.03. The van der Waals surface area contributed by atoms with Crippen molar-refractivity contribution in [3.8, 4) is 11.5 Å². The van der Waals surface area contributed by atoms with Crippen LogP contribution in [0.2, 0.25) is 0 Å². The highest BCUT2D eigenvalue weighted by Gasteiger charge is 2.31. The second-order valence-corrected chi connectivity index (χ2v) is 7.54. The SMILES string of the molecule is CC(=O)N[C@H](c1ccccn1)[C@@H]1CCCN(C(=O)Cc2ccc3c(c2)OCO3)C1. The van der Waals surface area contributed by atoms with Gasteiger partial charge in [0.1, 0.15) is 0 Å². The molecule has 7 nitrogen and oxygen atoms in total. The summed E-state index contributed by atoms with van der Waals surface area (Å²) in [5.41, 5.74) is 1.74. The molecule has 0 spiro atoms. The van der Waals surface area contributed by atoms with E-state index in [9.17, 15) is 9.59 Å². The van der Waals surface area contributed by atoms with Crippen LogP contribution < -0.4 is 14.8 Å². The smallest absolute Gasteiger partial charge is 0.231 e. The lowest BCUT2D eigenvalue weighted by molar-refractivity contribution is -0.132. The van der Waals surface area contributed by atoms with Gasteiger partial charge in [0, 0.05) is 32.1 Å². The van der Waals surface area contributed by atoms with Crippen molar-refractivity contribution < 1.29 is 19.1 Å². The Labute approximate surface area is 170 Å². The molecule has 2 atom stereocenters. The number of carbonyl (C=O) groups is 2. The number of ether oxygens (including phenoxy) is 2. The van der Waals surface area contributed by atoms with Crippen molar-refractivity contribution in [2.45, 2.75) is 32.2 Å². The first-order chi connectivity index (χ1) is 14.1. The first-order valence-electron chi connectivity index (χ1n) is 9.94. The molecule has 1 aromatic heterocycles. The van der Waals surface area contributed by atoms with Gasteiger partial charge in [-0.05, 0) is 42.7 Å². The Hall–Kier alpha value is -3.09. The molecule has 29 heavy (non-hydrogen) atoms. The fraction of sp³-hybridized carbons (Fsp3) is 0.409. The fourth-order valence-electron chi connectivity index (χ4n) is 4.06. The number of fused-ring (bicyclic) bond motifs is 1. The van der Waals surface area contributed by atoms with Gasteiger partial charge in [0.05, 0.1) is 18.2 Å². The Bertz CT molecular complexity index is 887. The van der Waals surface area contributed by atoms with Gasteiger partial charge in [-0.15, -0.1) is 0 Å². The van der Waals surface area contributed by atoms with Gasteiger partial charge in [-0.1, -0.05) is 12.1 Å². The highest BCUT2D eigenvalue weighted by Crippen LogP contribution is 2.33. The molecule has 0 radical (unpaired) electrons. The van der Waals surface area contributed by atoms with Crippen LogP contribution >= 0.6 is 0 Å². The number of likely N-dealkylation sites (tertiary alicyclic amines) is 1. The summed E-state index contributed by atoms with van der Waals surface area (Å²) < 4.78 is 10.7. The van der Waals surface area contributed by atoms with Crippen molar-refractivity contribution in [2.24, 2.45) is 5.92 Å². The van der Waals surface area contributed by atoms with Crippen LogP contribution in [0.25, 0.3) is 0 Å². The number of amides is 2. The number of carbonyl (C=O) groups excluding carboxylic acids is 2. The van der Waals surface area contributed by atoms with Crippen molar-refractivity contribution in [1.82, 2.24) is 15.2 Å². The third-order valence-electron chi connectivity index (χ3n) is 5.44. The van der Waals surface area contributed by atoms with Gasteiger partial charge < -0.3 is 19.7 Å². The third kappa shape index (κ3) is 4.50. The summed E-state index contributed by atoms with van der Waals surface area (Å²) in [6.07, 6.45) is 3.89. The van der Waals surface area contributed by atoms with E-state index in [1.54, 1.807) is 6.20 Å². The van der Waals surface area contributed by atoms with E-state index >= 15 is 0 Å². The molecule has 1 saturated heterocycles. The fourth-order valence-corrected chi connectivity index (χ4v) is 4.06. The molecule has 0 aliphatic carbocycles. The Morgan fingerprint density at radius 1 is 1.24 bits per heavy atom. The predicted molar refractivity (Wildman–Crippen MR) is 106 cm³/mol. The van der Waals surface area contributed by atoms with Crippen LogP contribution in [0.4, 0.5) is 0 Å². The molecular formula is C22H25N3O4. The van der Waals surface area contributed by atoms with Crippen LogP contribution in [-0.4, -0.2) is 41.6 Å². The summed E-state index contributed by atoms with van der Waals surface area (Å²) in [4.78, 5) is 31.1. The van der Waals surface area contributed by atoms with E-state index < -0.39 is 0 Å². The van der Waals surface area contributed by atoms with Crippen LogP contribution in [0.1, 0.15) is 37.1 Å².